The van der Waals surface area contributed by atoms with Gasteiger partial charge in [0.2, 0.25) is 10.0 Å². The maximum absolute atomic E-state index is 12.5. The number of sulfonamides is 1. The fraction of sp³-hybridized carbons (Fsp3) is 0.636. The molecule has 18 heavy (non-hydrogen) atoms. The summed E-state index contributed by atoms with van der Waals surface area (Å²) in [5, 5.41) is 0. The van der Waals surface area contributed by atoms with E-state index in [9.17, 15) is 8.42 Å². The molecule has 0 aromatic carbocycles. The zero-order valence-electron chi connectivity index (χ0n) is 10.5. The second-order valence-corrected chi connectivity index (χ2v) is 7.59. The summed E-state index contributed by atoms with van der Waals surface area (Å²) in [7, 11) is -1.78. The minimum Gasteiger partial charge on any atom is -0.380 e. The van der Waals surface area contributed by atoms with Crippen LogP contribution in [-0.2, 0) is 21.3 Å². The summed E-state index contributed by atoms with van der Waals surface area (Å²) in [5.41, 5.74) is 5.55. The topological polar surface area (TPSA) is 72.6 Å². The van der Waals surface area contributed by atoms with Crippen LogP contribution in [0.25, 0.3) is 0 Å². The molecule has 1 unspecified atom stereocenters. The molecule has 5 nitrogen and oxygen atoms in total. The van der Waals surface area contributed by atoms with Crippen molar-refractivity contribution >= 4 is 21.4 Å². The number of nitrogens with zero attached hydrogens (tertiary/aromatic N) is 1. The Morgan fingerprint density at radius 1 is 1.61 bits per heavy atom. The Kier molecular flexibility index (Phi) is 4.08. The highest BCUT2D eigenvalue weighted by atomic mass is 32.2. The van der Waals surface area contributed by atoms with E-state index in [0.29, 0.717) is 24.5 Å². The highest BCUT2D eigenvalue weighted by molar-refractivity contribution is 7.89. The number of ether oxygens (including phenoxy) is 1. The predicted molar refractivity (Wildman–Crippen MR) is 71.1 cm³/mol. The average molecular weight is 290 g/mol. The van der Waals surface area contributed by atoms with E-state index in [0.717, 1.165) is 16.2 Å². The molecule has 0 aliphatic carbocycles. The first-order valence-electron chi connectivity index (χ1n) is 5.81. The number of hydrogen-bond donors (Lipinski definition) is 1. The summed E-state index contributed by atoms with van der Waals surface area (Å²) in [6.07, 6.45) is 0.760. The minimum atomic E-state index is -3.39. The van der Waals surface area contributed by atoms with E-state index in [1.165, 1.54) is 15.6 Å². The molecule has 1 atom stereocenters. The van der Waals surface area contributed by atoms with Gasteiger partial charge in [0.05, 0.1) is 11.0 Å². The normalized spacial score (nSPS) is 21.6. The van der Waals surface area contributed by atoms with Gasteiger partial charge in [-0.1, -0.05) is 0 Å². The van der Waals surface area contributed by atoms with Gasteiger partial charge in [0.25, 0.3) is 0 Å². The van der Waals surface area contributed by atoms with Gasteiger partial charge in [-0.2, -0.15) is 4.31 Å². The summed E-state index contributed by atoms with van der Waals surface area (Å²) in [5.74, 6) is 0. The van der Waals surface area contributed by atoms with Gasteiger partial charge in [-0.05, 0) is 19.4 Å². The maximum Gasteiger partial charge on any atom is 0.244 e. The van der Waals surface area contributed by atoms with Crippen molar-refractivity contribution in [2.45, 2.75) is 30.9 Å². The third-order valence-corrected chi connectivity index (χ3v) is 6.38. The summed E-state index contributed by atoms with van der Waals surface area (Å²) >= 11 is 1.44. The molecule has 0 amide bonds. The van der Waals surface area contributed by atoms with E-state index in [1.807, 2.05) is 6.92 Å². The molecule has 0 radical (unpaired) electrons. The molecule has 0 spiro atoms. The molecule has 1 aromatic heterocycles. The lowest BCUT2D eigenvalue weighted by atomic mass is 10.3. The van der Waals surface area contributed by atoms with Crippen LogP contribution in [0.1, 0.15) is 16.2 Å². The standard InChI is InChI=1S/C11H18N2O3S2/c1-8-11(5-10(6-12)17-8)18(14,15)13-4-3-9(7-13)16-2/h5,9H,3-4,6-7,12H2,1-2H3. The third kappa shape index (κ3) is 2.46. The molecule has 7 heteroatoms. The van der Waals surface area contributed by atoms with Gasteiger partial charge < -0.3 is 10.5 Å². The van der Waals surface area contributed by atoms with Crippen molar-refractivity contribution in [3.8, 4) is 0 Å². The largest absolute Gasteiger partial charge is 0.380 e. The lowest BCUT2D eigenvalue weighted by Crippen LogP contribution is -2.30. The van der Waals surface area contributed by atoms with Gasteiger partial charge in [0.15, 0.2) is 0 Å². The smallest absolute Gasteiger partial charge is 0.244 e. The van der Waals surface area contributed by atoms with Crippen LogP contribution < -0.4 is 5.73 Å². The number of hydrogen-bond acceptors (Lipinski definition) is 5. The molecule has 0 saturated carbocycles. The summed E-state index contributed by atoms with van der Waals surface area (Å²) in [6, 6.07) is 1.69. The SMILES string of the molecule is COC1CCN(S(=O)(=O)c2cc(CN)sc2C)C1. The van der Waals surface area contributed by atoms with Gasteiger partial charge in [-0.15, -0.1) is 11.3 Å². The first-order chi connectivity index (χ1) is 8.48. The Morgan fingerprint density at radius 2 is 2.33 bits per heavy atom. The Bertz CT molecular complexity index is 524. The van der Waals surface area contributed by atoms with Crippen LogP contribution in [0, 0.1) is 6.92 Å². The van der Waals surface area contributed by atoms with Crippen LogP contribution in [0.5, 0.6) is 0 Å². The Morgan fingerprint density at radius 3 is 2.83 bits per heavy atom. The van der Waals surface area contributed by atoms with Gasteiger partial charge in [-0.25, -0.2) is 8.42 Å². The highest BCUT2D eigenvalue weighted by Crippen LogP contribution is 2.30. The van der Waals surface area contributed by atoms with Crippen LogP contribution in [0.4, 0.5) is 0 Å². The monoisotopic (exact) mass is 290 g/mol. The van der Waals surface area contributed by atoms with E-state index < -0.39 is 10.0 Å². The van der Waals surface area contributed by atoms with E-state index in [1.54, 1.807) is 13.2 Å². The minimum absolute atomic E-state index is 0.00713. The zero-order chi connectivity index (χ0) is 13.3. The van der Waals surface area contributed by atoms with Crippen molar-refractivity contribution in [2.24, 2.45) is 5.73 Å². The van der Waals surface area contributed by atoms with Gasteiger partial charge in [0, 0.05) is 36.5 Å². The van der Waals surface area contributed by atoms with Crippen molar-refractivity contribution in [2.75, 3.05) is 20.2 Å². The average Bonchev–Trinajstić information content (AvgIpc) is 2.95. The molecule has 1 saturated heterocycles. The van der Waals surface area contributed by atoms with E-state index in [2.05, 4.69) is 0 Å². The van der Waals surface area contributed by atoms with E-state index in [4.69, 9.17) is 10.5 Å². The molecule has 2 rings (SSSR count). The number of thiophene rings is 1. The molecule has 1 aliphatic heterocycles. The second-order valence-electron chi connectivity index (χ2n) is 4.35. The quantitative estimate of drug-likeness (QED) is 0.895. The molecule has 1 aliphatic rings. The van der Waals surface area contributed by atoms with Crippen LogP contribution in [0.3, 0.4) is 0 Å². The number of rotatable bonds is 4. The summed E-state index contributed by atoms with van der Waals surface area (Å²) in [6.45, 7) is 3.16. The van der Waals surface area contributed by atoms with Crippen molar-refractivity contribution < 1.29 is 13.2 Å². The molecule has 0 bridgehead atoms. The molecular formula is C11H18N2O3S2. The molecule has 1 fully saturated rings. The zero-order valence-corrected chi connectivity index (χ0v) is 12.2. The molecule has 2 N–H and O–H groups in total. The Hall–Kier alpha value is -0.470. The first kappa shape index (κ1) is 14.0. The van der Waals surface area contributed by atoms with Gasteiger partial charge in [0.1, 0.15) is 0 Å². The number of aryl methyl sites for hydroxylation is 1. The first-order valence-corrected chi connectivity index (χ1v) is 8.07. The predicted octanol–water partition coefficient (Wildman–Crippen LogP) is 0.925. The van der Waals surface area contributed by atoms with Crippen molar-refractivity contribution in [3.05, 3.63) is 15.8 Å². The van der Waals surface area contributed by atoms with Crippen molar-refractivity contribution in [3.63, 3.8) is 0 Å². The maximum atomic E-state index is 12.5. The van der Waals surface area contributed by atoms with Crippen LogP contribution in [-0.4, -0.2) is 39.0 Å². The Labute approximate surface area is 112 Å². The lowest BCUT2D eigenvalue weighted by molar-refractivity contribution is 0.115. The molecular weight excluding hydrogens is 272 g/mol. The van der Waals surface area contributed by atoms with Gasteiger partial charge in [-0.3, -0.25) is 0 Å². The fourth-order valence-corrected chi connectivity index (χ4v) is 5.10. The second kappa shape index (κ2) is 5.26. The van der Waals surface area contributed by atoms with Crippen LogP contribution in [0.2, 0.25) is 0 Å². The van der Waals surface area contributed by atoms with Crippen molar-refractivity contribution in [1.82, 2.24) is 4.31 Å². The van der Waals surface area contributed by atoms with Crippen molar-refractivity contribution in [1.29, 1.82) is 0 Å². The van der Waals surface area contributed by atoms with E-state index in [-0.39, 0.29) is 6.10 Å². The molecule has 1 aromatic rings. The molecule has 2 heterocycles. The van der Waals surface area contributed by atoms with Crippen LogP contribution >= 0.6 is 11.3 Å². The number of methoxy groups -OCH3 is 1. The van der Waals surface area contributed by atoms with Gasteiger partial charge >= 0.3 is 0 Å². The van der Waals surface area contributed by atoms with Crippen LogP contribution in [0.15, 0.2) is 11.0 Å². The lowest BCUT2D eigenvalue weighted by Gasteiger charge is -2.15. The molecule has 102 valence electrons. The highest BCUT2D eigenvalue weighted by Gasteiger charge is 2.34. The summed E-state index contributed by atoms with van der Waals surface area (Å²) < 4.78 is 31.7. The Balaban J connectivity index is 2.28. The third-order valence-electron chi connectivity index (χ3n) is 3.18. The summed E-state index contributed by atoms with van der Waals surface area (Å²) in [4.78, 5) is 2.09. The van der Waals surface area contributed by atoms with E-state index >= 15 is 0 Å². The fourth-order valence-electron chi connectivity index (χ4n) is 2.13. The number of nitrogens with two attached hydrogens (primary N) is 1.